The molecule has 94 valence electrons. The summed E-state index contributed by atoms with van der Waals surface area (Å²) in [5.74, 6) is 1.15. The summed E-state index contributed by atoms with van der Waals surface area (Å²) in [6.45, 7) is 1.99. The highest BCUT2D eigenvalue weighted by atomic mass is 16.3. The van der Waals surface area contributed by atoms with Gasteiger partial charge >= 0.3 is 0 Å². The molecule has 0 spiro atoms. The molecule has 0 radical (unpaired) electrons. The molecule has 1 atom stereocenters. The second kappa shape index (κ2) is 4.81. The molecule has 0 bridgehead atoms. The van der Waals surface area contributed by atoms with Crippen molar-refractivity contribution in [1.82, 2.24) is 19.9 Å². The topological polar surface area (TPSA) is 75.0 Å². The summed E-state index contributed by atoms with van der Waals surface area (Å²) in [6.07, 6.45) is 6.95. The Morgan fingerprint density at radius 2 is 2.11 bits per heavy atom. The summed E-state index contributed by atoms with van der Waals surface area (Å²) in [5, 5.41) is 9.28. The van der Waals surface area contributed by atoms with Crippen LogP contribution in [0.3, 0.4) is 0 Å². The van der Waals surface area contributed by atoms with Crippen molar-refractivity contribution in [1.29, 1.82) is 0 Å². The molecule has 18 heavy (non-hydrogen) atoms. The number of anilines is 1. The van der Waals surface area contributed by atoms with Crippen LogP contribution in [0, 0.1) is 5.92 Å². The normalized spacial score (nSPS) is 20.3. The third-order valence-corrected chi connectivity index (χ3v) is 3.33. The van der Waals surface area contributed by atoms with Crippen molar-refractivity contribution in [2.45, 2.75) is 12.8 Å². The van der Waals surface area contributed by atoms with Crippen LogP contribution in [0.4, 0.5) is 5.82 Å². The average molecular weight is 245 g/mol. The van der Waals surface area contributed by atoms with E-state index in [1.54, 1.807) is 12.4 Å². The lowest BCUT2D eigenvalue weighted by Gasteiger charge is -2.32. The lowest BCUT2D eigenvalue weighted by Crippen LogP contribution is -2.37. The predicted molar refractivity (Wildman–Crippen MR) is 67.2 cm³/mol. The molecular formula is C12H15N5O. The van der Waals surface area contributed by atoms with Crippen molar-refractivity contribution >= 4 is 17.0 Å². The third kappa shape index (κ3) is 1.99. The largest absolute Gasteiger partial charge is 0.396 e. The number of hydrogen-bond acceptors (Lipinski definition) is 6. The first kappa shape index (κ1) is 11.3. The Bertz CT molecular complexity index is 541. The summed E-state index contributed by atoms with van der Waals surface area (Å²) < 4.78 is 0. The molecule has 0 aliphatic carbocycles. The molecule has 0 amide bonds. The Kier molecular flexibility index (Phi) is 3.02. The summed E-state index contributed by atoms with van der Waals surface area (Å²) in [6, 6.07) is 0. The van der Waals surface area contributed by atoms with Gasteiger partial charge in [0.15, 0.2) is 17.0 Å². The van der Waals surface area contributed by atoms with Gasteiger partial charge in [0.1, 0.15) is 6.33 Å². The second-order valence-electron chi connectivity index (χ2n) is 4.56. The molecule has 6 heteroatoms. The molecule has 2 aromatic rings. The van der Waals surface area contributed by atoms with Crippen molar-refractivity contribution < 1.29 is 5.11 Å². The second-order valence-corrected chi connectivity index (χ2v) is 4.56. The molecule has 1 aliphatic rings. The number of aliphatic hydroxyl groups excluding tert-OH is 1. The number of nitrogens with zero attached hydrogens (tertiary/aromatic N) is 5. The molecule has 1 fully saturated rings. The molecular weight excluding hydrogens is 230 g/mol. The van der Waals surface area contributed by atoms with Gasteiger partial charge in [-0.25, -0.2) is 19.9 Å². The van der Waals surface area contributed by atoms with E-state index >= 15 is 0 Å². The van der Waals surface area contributed by atoms with E-state index in [1.165, 1.54) is 6.33 Å². The highest BCUT2D eigenvalue weighted by Gasteiger charge is 2.22. The Morgan fingerprint density at radius 3 is 3.00 bits per heavy atom. The zero-order chi connectivity index (χ0) is 12.4. The summed E-state index contributed by atoms with van der Waals surface area (Å²) in [5.41, 5.74) is 1.35. The molecule has 6 nitrogen and oxygen atoms in total. The van der Waals surface area contributed by atoms with Crippen molar-refractivity contribution in [3.05, 3.63) is 18.7 Å². The van der Waals surface area contributed by atoms with Gasteiger partial charge in [0.05, 0.1) is 0 Å². The van der Waals surface area contributed by atoms with E-state index in [0.29, 0.717) is 11.6 Å². The first-order chi connectivity index (χ1) is 8.88. The first-order valence-electron chi connectivity index (χ1n) is 6.16. The number of rotatable bonds is 2. The first-order valence-corrected chi connectivity index (χ1v) is 6.16. The van der Waals surface area contributed by atoms with Crippen LogP contribution in [-0.2, 0) is 0 Å². The fourth-order valence-electron chi connectivity index (χ4n) is 2.42. The maximum Gasteiger partial charge on any atom is 0.183 e. The van der Waals surface area contributed by atoms with Gasteiger partial charge < -0.3 is 10.0 Å². The van der Waals surface area contributed by atoms with Crippen LogP contribution in [0.1, 0.15) is 12.8 Å². The van der Waals surface area contributed by atoms with Crippen LogP contribution < -0.4 is 4.90 Å². The van der Waals surface area contributed by atoms with Gasteiger partial charge in [0, 0.05) is 32.1 Å². The monoisotopic (exact) mass is 245 g/mol. The van der Waals surface area contributed by atoms with Gasteiger partial charge in [-0.2, -0.15) is 0 Å². The van der Waals surface area contributed by atoms with Crippen molar-refractivity contribution in [3.8, 4) is 0 Å². The van der Waals surface area contributed by atoms with Crippen LogP contribution in [0.15, 0.2) is 18.7 Å². The fourth-order valence-corrected chi connectivity index (χ4v) is 2.42. The van der Waals surface area contributed by atoms with E-state index in [2.05, 4.69) is 24.8 Å². The lowest BCUT2D eigenvalue weighted by molar-refractivity contribution is 0.208. The number of aromatic nitrogens is 4. The minimum atomic E-state index is 0.227. The minimum Gasteiger partial charge on any atom is -0.396 e. The van der Waals surface area contributed by atoms with Crippen molar-refractivity contribution in [2.75, 3.05) is 24.6 Å². The zero-order valence-electron chi connectivity index (χ0n) is 10.0. The molecule has 1 N–H and O–H groups in total. The number of fused-ring (bicyclic) bond motifs is 1. The van der Waals surface area contributed by atoms with Gasteiger partial charge in [0.25, 0.3) is 0 Å². The van der Waals surface area contributed by atoms with Gasteiger partial charge in [-0.05, 0) is 18.8 Å². The minimum absolute atomic E-state index is 0.227. The van der Waals surface area contributed by atoms with E-state index in [-0.39, 0.29) is 6.61 Å². The van der Waals surface area contributed by atoms with Crippen LogP contribution in [-0.4, -0.2) is 44.7 Å². The number of hydrogen-bond donors (Lipinski definition) is 1. The van der Waals surface area contributed by atoms with Gasteiger partial charge in [-0.15, -0.1) is 0 Å². The van der Waals surface area contributed by atoms with Crippen molar-refractivity contribution in [2.24, 2.45) is 5.92 Å². The predicted octanol–water partition coefficient (Wildman–Crippen LogP) is 0.629. The highest BCUT2D eigenvalue weighted by Crippen LogP contribution is 2.24. The number of piperidine rings is 1. The molecule has 2 aromatic heterocycles. The van der Waals surface area contributed by atoms with Crippen molar-refractivity contribution in [3.63, 3.8) is 0 Å². The number of aliphatic hydroxyl groups is 1. The van der Waals surface area contributed by atoms with E-state index in [1.807, 2.05) is 0 Å². The van der Waals surface area contributed by atoms with E-state index in [4.69, 9.17) is 0 Å². The lowest BCUT2D eigenvalue weighted by atomic mass is 9.99. The summed E-state index contributed by atoms with van der Waals surface area (Å²) in [4.78, 5) is 19.1. The molecule has 1 unspecified atom stereocenters. The van der Waals surface area contributed by atoms with E-state index in [9.17, 15) is 5.11 Å². The average Bonchev–Trinajstić information content (AvgIpc) is 2.47. The smallest absolute Gasteiger partial charge is 0.183 e. The van der Waals surface area contributed by atoms with Crippen LogP contribution in [0.2, 0.25) is 0 Å². The maximum absolute atomic E-state index is 9.28. The maximum atomic E-state index is 9.28. The molecule has 0 saturated carbocycles. The van der Waals surface area contributed by atoms with E-state index in [0.717, 1.165) is 37.3 Å². The SMILES string of the molecule is OCC1CCCN(c2ncnc3nccnc23)C1. The standard InChI is InChI=1S/C12H15N5O/c18-7-9-2-1-5-17(6-9)12-10-11(15-8-16-12)14-4-3-13-10/h3-4,8-9,18H,1-2,5-7H2. The van der Waals surface area contributed by atoms with Crippen LogP contribution in [0.5, 0.6) is 0 Å². The highest BCUT2D eigenvalue weighted by molar-refractivity contribution is 5.82. The van der Waals surface area contributed by atoms with Gasteiger partial charge in [-0.3, -0.25) is 0 Å². The Labute approximate surface area is 105 Å². The fraction of sp³-hybridized carbons (Fsp3) is 0.500. The molecule has 0 aromatic carbocycles. The quantitative estimate of drug-likeness (QED) is 0.836. The zero-order valence-corrected chi connectivity index (χ0v) is 10.0. The molecule has 3 heterocycles. The molecule has 3 rings (SSSR count). The third-order valence-electron chi connectivity index (χ3n) is 3.33. The van der Waals surface area contributed by atoms with Gasteiger partial charge in [-0.1, -0.05) is 0 Å². The van der Waals surface area contributed by atoms with Gasteiger partial charge in [0.2, 0.25) is 0 Å². The Morgan fingerprint density at radius 1 is 1.22 bits per heavy atom. The summed E-state index contributed by atoms with van der Waals surface area (Å²) >= 11 is 0. The molecule has 1 aliphatic heterocycles. The van der Waals surface area contributed by atoms with Crippen LogP contribution in [0.25, 0.3) is 11.2 Å². The van der Waals surface area contributed by atoms with Crippen LogP contribution >= 0.6 is 0 Å². The summed E-state index contributed by atoms with van der Waals surface area (Å²) in [7, 11) is 0. The Balaban J connectivity index is 1.98. The Hall–Kier alpha value is -1.82. The van der Waals surface area contributed by atoms with E-state index < -0.39 is 0 Å². The molecule has 1 saturated heterocycles.